The molecule has 0 aliphatic carbocycles. The smallest absolute Gasteiger partial charge is 0.224 e. The van der Waals surface area contributed by atoms with Crippen LogP contribution in [0.4, 0.5) is 5.69 Å². The number of nitrogen functional groups attached to an aromatic ring is 1. The van der Waals surface area contributed by atoms with Crippen molar-refractivity contribution in [2.75, 3.05) is 25.4 Å². The van der Waals surface area contributed by atoms with Crippen LogP contribution in [0.5, 0.6) is 0 Å². The van der Waals surface area contributed by atoms with Crippen molar-refractivity contribution >= 4 is 11.6 Å². The summed E-state index contributed by atoms with van der Waals surface area (Å²) in [5.41, 5.74) is 8.77. The molecule has 1 heterocycles. The van der Waals surface area contributed by atoms with E-state index in [0.717, 1.165) is 50.3 Å². The van der Waals surface area contributed by atoms with Crippen LogP contribution in [-0.2, 0) is 17.8 Å². The predicted octanol–water partition coefficient (Wildman–Crippen LogP) is 2.84. The molecule has 1 aliphatic heterocycles. The first-order valence-corrected chi connectivity index (χ1v) is 9.06. The average molecular weight is 337 g/mol. The minimum Gasteiger partial charge on any atom is -0.399 e. The van der Waals surface area contributed by atoms with Crippen LogP contribution in [0, 0.1) is 5.92 Å². The molecule has 1 saturated heterocycles. The van der Waals surface area contributed by atoms with Gasteiger partial charge in [0.05, 0.1) is 6.42 Å². The maximum atomic E-state index is 12.1. The minimum atomic E-state index is 0.0940. The number of carbonyl (C=O) groups is 1. The lowest BCUT2D eigenvalue weighted by Crippen LogP contribution is -2.38. The molecule has 2 aromatic carbocycles. The lowest BCUT2D eigenvalue weighted by molar-refractivity contribution is -0.120. The lowest BCUT2D eigenvalue weighted by atomic mass is 9.96. The molecule has 3 rings (SSSR count). The molecule has 0 bridgehead atoms. The van der Waals surface area contributed by atoms with Gasteiger partial charge in [0.1, 0.15) is 0 Å². The number of likely N-dealkylation sites (tertiary alicyclic amines) is 1. The standard InChI is InChI=1S/C21H27N3O/c22-20-8-6-17(7-9-20)14-21(25)23-15-18-10-12-24(13-11-18)16-19-4-2-1-3-5-19/h1-9,18H,10-16,22H2,(H,23,25). The highest BCUT2D eigenvalue weighted by Crippen LogP contribution is 2.18. The molecule has 0 saturated carbocycles. The second-order valence-electron chi connectivity index (χ2n) is 6.93. The minimum absolute atomic E-state index is 0.0940. The van der Waals surface area contributed by atoms with E-state index in [2.05, 4.69) is 40.5 Å². The monoisotopic (exact) mass is 337 g/mol. The first kappa shape index (κ1) is 17.5. The summed E-state index contributed by atoms with van der Waals surface area (Å²) in [6.07, 6.45) is 2.72. The molecule has 0 atom stereocenters. The Kier molecular flexibility index (Phi) is 6.07. The first-order chi connectivity index (χ1) is 12.2. The molecule has 1 fully saturated rings. The van der Waals surface area contributed by atoms with E-state index in [1.165, 1.54) is 5.56 Å². The fourth-order valence-electron chi connectivity index (χ4n) is 3.33. The Morgan fingerprint density at radius 3 is 2.36 bits per heavy atom. The van der Waals surface area contributed by atoms with Gasteiger partial charge in [0, 0.05) is 18.8 Å². The number of nitrogens with two attached hydrogens (primary N) is 1. The summed E-state index contributed by atoms with van der Waals surface area (Å²) < 4.78 is 0. The average Bonchev–Trinajstić information content (AvgIpc) is 2.64. The molecule has 25 heavy (non-hydrogen) atoms. The van der Waals surface area contributed by atoms with Gasteiger partial charge < -0.3 is 11.1 Å². The van der Waals surface area contributed by atoms with Crippen molar-refractivity contribution in [3.8, 4) is 0 Å². The van der Waals surface area contributed by atoms with Crippen molar-refractivity contribution in [2.45, 2.75) is 25.8 Å². The van der Waals surface area contributed by atoms with Crippen LogP contribution in [0.2, 0.25) is 0 Å². The summed E-state index contributed by atoms with van der Waals surface area (Å²) in [5, 5.41) is 3.09. The Morgan fingerprint density at radius 1 is 1.00 bits per heavy atom. The van der Waals surface area contributed by atoms with Gasteiger partial charge in [-0.2, -0.15) is 0 Å². The number of rotatable bonds is 6. The summed E-state index contributed by atoms with van der Waals surface area (Å²) in [7, 11) is 0. The molecule has 1 amide bonds. The van der Waals surface area contributed by atoms with E-state index in [9.17, 15) is 4.79 Å². The summed E-state index contributed by atoms with van der Waals surface area (Å²) in [6, 6.07) is 18.1. The second kappa shape index (κ2) is 8.67. The van der Waals surface area contributed by atoms with E-state index in [1.807, 2.05) is 24.3 Å². The van der Waals surface area contributed by atoms with E-state index < -0.39 is 0 Å². The number of amides is 1. The van der Waals surface area contributed by atoms with E-state index in [-0.39, 0.29) is 5.91 Å². The number of hydrogen-bond donors (Lipinski definition) is 2. The van der Waals surface area contributed by atoms with Crippen LogP contribution in [0.15, 0.2) is 54.6 Å². The fraction of sp³-hybridized carbons (Fsp3) is 0.381. The highest BCUT2D eigenvalue weighted by molar-refractivity contribution is 5.78. The number of piperidine rings is 1. The van der Waals surface area contributed by atoms with Gasteiger partial charge in [0.2, 0.25) is 5.91 Å². The van der Waals surface area contributed by atoms with Crippen LogP contribution >= 0.6 is 0 Å². The molecule has 0 spiro atoms. The first-order valence-electron chi connectivity index (χ1n) is 9.06. The maximum absolute atomic E-state index is 12.1. The number of benzene rings is 2. The second-order valence-corrected chi connectivity index (χ2v) is 6.93. The van der Waals surface area contributed by atoms with Gasteiger partial charge in [0.25, 0.3) is 0 Å². The third-order valence-corrected chi connectivity index (χ3v) is 4.89. The highest BCUT2D eigenvalue weighted by Gasteiger charge is 2.19. The molecule has 4 nitrogen and oxygen atoms in total. The third-order valence-electron chi connectivity index (χ3n) is 4.89. The Labute approximate surface area is 150 Å². The SMILES string of the molecule is Nc1ccc(CC(=O)NCC2CCN(Cc3ccccc3)CC2)cc1. The van der Waals surface area contributed by atoms with Crippen molar-refractivity contribution in [3.63, 3.8) is 0 Å². The van der Waals surface area contributed by atoms with Gasteiger partial charge in [0.15, 0.2) is 0 Å². The van der Waals surface area contributed by atoms with Gasteiger partial charge in [-0.05, 0) is 55.1 Å². The molecule has 2 aromatic rings. The van der Waals surface area contributed by atoms with Crippen LogP contribution in [0.25, 0.3) is 0 Å². The van der Waals surface area contributed by atoms with Crippen molar-refractivity contribution in [2.24, 2.45) is 5.92 Å². The van der Waals surface area contributed by atoms with Crippen molar-refractivity contribution in [3.05, 3.63) is 65.7 Å². The number of nitrogens with one attached hydrogen (secondary N) is 1. The van der Waals surface area contributed by atoms with E-state index in [1.54, 1.807) is 0 Å². The summed E-state index contributed by atoms with van der Waals surface area (Å²) >= 11 is 0. The van der Waals surface area contributed by atoms with Crippen LogP contribution in [-0.4, -0.2) is 30.4 Å². The summed E-state index contributed by atoms with van der Waals surface area (Å²) in [4.78, 5) is 14.6. The molecule has 0 radical (unpaired) electrons. The third kappa shape index (κ3) is 5.61. The van der Waals surface area contributed by atoms with Crippen molar-refractivity contribution in [1.82, 2.24) is 10.2 Å². The molecule has 132 valence electrons. The number of anilines is 1. The Bertz CT molecular complexity index is 661. The summed E-state index contributed by atoms with van der Waals surface area (Å²) in [6.45, 7) is 4.02. The zero-order valence-corrected chi connectivity index (χ0v) is 14.7. The zero-order valence-electron chi connectivity index (χ0n) is 14.7. The molecule has 4 heteroatoms. The normalized spacial score (nSPS) is 15.8. The van der Waals surface area contributed by atoms with Crippen LogP contribution in [0.3, 0.4) is 0 Å². The van der Waals surface area contributed by atoms with Gasteiger partial charge in [-0.1, -0.05) is 42.5 Å². The Morgan fingerprint density at radius 2 is 1.68 bits per heavy atom. The maximum Gasteiger partial charge on any atom is 0.224 e. The van der Waals surface area contributed by atoms with Gasteiger partial charge in [-0.15, -0.1) is 0 Å². The van der Waals surface area contributed by atoms with Crippen LogP contribution in [0.1, 0.15) is 24.0 Å². The largest absolute Gasteiger partial charge is 0.399 e. The van der Waals surface area contributed by atoms with E-state index >= 15 is 0 Å². The van der Waals surface area contributed by atoms with Crippen molar-refractivity contribution in [1.29, 1.82) is 0 Å². The molecule has 0 unspecified atom stereocenters. The molecule has 3 N–H and O–H groups in total. The van der Waals surface area contributed by atoms with Gasteiger partial charge >= 0.3 is 0 Å². The van der Waals surface area contributed by atoms with E-state index in [4.69, 9.17) is 5.73 Å². The number of carbonyl (C=O) groups excluding carboxylic acids is 1. The Balaban J connectivity index is 1.36. The lowest BCUT2D eigenvalue weighted by Gasteiger charge is -2.32. The van der Waals surface area contributed by atoms with Crippen molar-refractivity contribution < 1.29 is 4.79 Å². The van der Waals surface area contributed by atoms with Gasteiger partial charge in [-0.25, -0.2) is 0 Å². The van der Waals surface area contributed by atoms with E-state index in [0.29, 0.717) is 12.3 Å². The summed E-state index contributed by atoms with van der Waals surface area (Å²) in [5.74, 6) is 0.680. The van der Waals surface area contributed by atoms with Gasteiger partial charge in [-0.3, -0.25) is 9.69 Å². The quantitative estimate of drug-likeness (QED) is 0.797. The fourth-order valence-corrected chi connectivity index (χ4v) is 3.33. The highest BCUT2D eigenvalue weighted by atomic mass is 16.1. The molecular formula is C21H27N3O. The molecular weight excluding hydrogens is 310 g/mol. The molecule has 1 aliphatic rings. The van der Waals surface area contributed by atoms with Crippen LogP contribution < -0.4 is 11.1 Å². The Hall–Kier alpha value is -2.33. The number of hydrogen-bond acceptors (Lipinski definition) is 3. The number of nitrogens with zero attached hydrogens (tertiary/aromatic N) is 1. The topological polar surface area (TPSA) is 58.4 Å². The zero-order chi connectivity index (χ0) is 17.5. The molecule has 0 aromatic heterocycles. The predicted molar refractivity (Wildman–Crippen MR) is 102 cm³/mol.